The van der Waals surface area contributed by atoms with E-state index in [0.29, 0.717) is 5.69 Å². The number of hydrogen-bond acceptors (Lipinski definition) is 4. The number of likely N-dealkylation sites (N-methyl/N-ethyl adjacent to an activating group) is 1. The maximum Gasteiger partial charge on any atom is 0.407 e. The number of fused-ring (bicyclic) bond motifs is 3. The van der Waals surface area contributed by atoms with Crippen LogP contribution in [0.4, 0.5) is 10.5 Å². The number of benzene rings is 3. The minimum Gasteiger partial charge on any atom is -0.478 e. The van der Waals surface area contributed by atoms with Crippen LogP contribution in [0.3, 0.4) is 0 Å². The van der Waals surface area contributed by atoms with Crippen LogP contribution in [0.5, 0.6) is 0 Å². The Morgan fingerprint density at radius 1 is 1.03 bits per heavy atom. The van der Waals surface area contributed by atoms with Gasteiger partial charge >= 0.3 is 12.1 Å². The van der Waals surface area contributed by atoms with Gasteiger partial charge in [-0.3, -0.25) is 4.79 Å². The number of ether oxygens (including phenoxy) is 1. The van der Waals surface area contributed by atoms with E-state index >= 15 is 0 Å². The van der Waals surface area contributed by atoms with Crippen molar-refractivity contribution in [2.75, 3.05) is 18.6 Å². The van der Waals surface area contributed by atoms with Gasteiger partial charge in [-0.05, 0) is 46.9 Å². The van der Waals surface area contributed by atoms with E-state index in [1.165, 1.54) is 30.2 Å². The van der Waals surface area contributed by atoms with E-state index in [0.717, 1.165) is 22.3 Å². The molecule has 0 fully saturated rings. The predicted molar refractivity (Wildman–Crippen MR) is 134 cm³/mol. The monoisotopic (exact) mass is 470 g/mol. The number of hydrogen-bond donors (Lipinski definition) is 2. The molecule has 0 saturated carbocycles. The number of nitrogens with zero attached hydrogens (tertiary/aromatic N) is 1. The molecule has 2 N–H and O–H groups in total. The van der Waals surface area contributed by atoms with Crippen LogP contribution >= 0.6 is 0 Å². The number of anilines is 1. The zero-order valence-corrected chi connectivity index (χ0v) is 19.3. The fourth-order valence-electron chi connectivity index (χ4n) is 4.38. The van der Waals surface area contributed by atoms with E-state index in [-0.39, 0.29) is 24.5 Å². The average molecular weight is 471 g/mol. The fraction of sp³-hybridized carbons (Fsp3) is 0.179. The number of carbonyl (C=O) groups excluding carboxylic acids is 2. The van der Waals surface area contributed by atoms with E-state index < -0.39 is 24.0 Å². The molecule has 0 aliphatic heterocycles. The van der Waals surface area contributed by atoms with Gasteiger partial charge in [-0.2, -0.15) is 0 Å². The molecule has 0 heterocycles. The summed E-state index contributed by atoms with van der Waals surface area (Å²) in [5, 5.41) is 11.9. The van der Waals surface area contributed by atoms with Crippen molar-refractivity contribution < 1.29 is 24.2 Å². The molecule has 178 valence electrons. The quantitative estimate of drug-likeness (QED) is 0.460. The Bertz CT molecular complexity index is 1240. The molecule has 35 heavy (non-hydrogen) atoms. The van der Waals surface area contributed by atoms with Crippen LogP contribution in [0.15, 0.2) is 85.5 Å². The lowest BCUT2D eigenvalue weighted by Crippen LogP contribution is -2.47. The van der Waals surface area contributed by atoms with E-state index in [1.54, 1.807) is 12.1 Å². The van der Waals surface area contributed by atoms with Gasteiger partial charge in [0.1, 0.15) is 12.6 Å². The van der Waals surface area contributed by atoms with Crippen molar-refractivity contribution in [2.24, 2.45) is 0 Å². The Kier molecular flexibility index (Phi) is 6.96. The number of rotatable bonds is 8. The lowest BCUT2D eigenvalue weighted by Gasteiger charge is -2.24. The number of amides is 2. The molecule has 2 amide bonds. The zero-order valence-electron chi connectivity index (χ0n) is 19.3. The number of aromatic carboxylic acids is 1. The van der Waals surface area contributed by atoms with Gasteiger partial charge in [-0.1, -0.05) is 60.7 Å². The van der Waals surface area contributed by atoms with Gasteiger partial charge in [0.05, 0.1) is 5.56 Å². The summed E-state index contributed by atoms with van der Waals surface area (Å²) in [7, 11) is 1.53. The first kappa shape index (κ1) is 23.8. The van der Waals surface area contributed by atoms with Crippen molar-refractivity contribution in [1.29, 1.82) is 0 Å². The smallest absolute Gasteiger partial charge is 0.407 e. The molecular weight excluding hydrogens is 444 g/mol. The first-order valence-corrected chi connectivity index (χ1v) is 11.2. The molecule has 7 heteroatoms. The summed E-state index contributed by atoms with van der Waals surface area (Å²) in [6.45, 7) is 3.81. The van der Waals surface area contributed by atoms with Gasteiger partial charge in [0.25, 0.3) is 0 Å². The largest absolute Gasteiger partial charge is 0.478 e. The average Bonchev–Trinajstić information content (AvgIpc) is 3.20. The van der Waals surface area contributed by atoms with Gasteiger partial charge in [0, 0.05) is 18.7 Å². The highest BCUT2D eigenvalue weighted by Gasteiger charge is 2.30. The number of carboxylic acids is 1. The van der Waals surface area contributed by atoms with Crippen LogP contribution < -0.4 is 10.2 Å². The van der Waals surface area contributed by atoms with Crippen molar-refractivity contribution in [3.8, 4) is 11.1 Å². The molecule has 1 unspecified atom stereocenters. The number of carbonyl (C=O) groups is 3. The zero-order chi connectivity index (χ0) is 24.9. The highest BCUT2D eigenvalue weighted by molar-refractivity contribution is 5.99. The van der Waals surface area contributed by atoms with Crippen LogP contribution in [0.25, 0.3) is 11.1 Å². The number of carboxylic acid groups (broad SMARTS) is 1. The molecule has 0 spiro atoms. The van der Waals surface area contributed by atoms with Crippen LogP contribution in [0.2, 0.25) is 0 Å². The van der Waals surface area contributed by atoms with Crippen LogP contribution in [0, 0.1) is 0 Å². The van der Waals surface area contributed by atoms with Crippen molar-refractivity contribution >= 4 is 23.7 Å². The maximum atomic E-state index is 13.1. The van der Waals surface area contributed by atoms with E-state index in [2.05, 4.69) is 24.0 Å². The maximum absolute atomic E-state index is 13.1. The second kappa shape index (κ2) is 10.3. The Labute approximate surface area is 203 Å². The standard InChI is InChI=1S/C28H26N2O5/c1-3-9-25(26(31)30(2)19-11-8-10-18(16-19)27(32)33)29-28(34)35-17-24-22-14-6-4-12-20(22)21-13-5-7-15-23(21)24/h3-8,10-16,24-25H,1,9,17H2,2H3,(H,29,34)(H,32,33). The molecule has 0 saturated heterocycles. The lowest BCUT2D eigenvalue weighted by molar-refractivity contribution is -0.120. The van der Waals surface area contributed by atoms with Gasteiger partial charge in [-0.25, -0.2) is 9.59 Å². The third-order valence-electron chi connectivity index (χ3n) is 6.15. The summed E-state index contributed by atoms with van der Waals surface area (Å²) in [5.41, 5.74) is 4.91. The van der Waals surface area contributed by atoms with E-state index in [1.807, 2.05) is 36.4 Å². The summed E-state index contributed by atoms with van der Waals surface area (Å²) in [6, 6.07) is 21.2. The van der Waals surface area contributed by atoms with Gasteiger partial charge in [-0.15, -0.1) is 6.58 Å². The van der Waals surface area contributed by atoms with E-state index in [4.69, 9.17) is 4.74 Å². The first-order valence-electron chi connectivity index (χ1n) is 11.2. The Morgan fingerprint density at radius 2 is 1.66 bits per heavy atom. The van der Waals surface area contributed by atoms with Gasteiger partial charge in [0.2, 0.25) is 5.91 Å². The minimum atomic E-state index is -1.09. The second-order valence-electron chi connectivity index (χ2n) is 8.30. The highest BCUT2D eigenvalue weighted by atomic mass is 16.5. The summed E-state index contributed by atoms with van der Waals surface area (Å²) in [4.78, 5) is 38.4. The minimum absolute atomic E-state index is 0.0620. The molecule has 1 atom stereocenters. The Balaban J connectivity index is 1.44. The first-order chi connectivity index (χ1) is 16.9. The molecular formula is C28H26N2O5. The summed E-state index contributed by atoms with van der Waals surface area (Å²) in [6.07, 6.45) is 1.01. The molecule has 0 radical (unpaired) electrons. The summed E-state index contributed by atoms with van der Waals surface area (Å²) < 4.78 is 5.57. The lowest BCUT2D eigenvalue weighted by atomic mass is 9.98. The van der Waals surface area contributed by atoms with E-state index in [9.17, 15) is 19.5 Å². The normalized spacial score (nSPS) is 12.7. The molecule has 3 aromatic rings. The van der Waals surface area contributed by atoms with Crippen molar-refractivity contribution in [2.45, 2.75) is 18.4 Å². The third-order valence-corrected chi connectivity index (χ3v) is 6.15. The molecule has 0 bridgehead atoms. The highest BCUT2D eigenvalue weighted by Crippen LogP contribution is 2.44. The molecule has 3 aromatic carbocycles. The van der Waals surface area contributed by atoms with Crippen LogP contribution in [-0.2, 0) is 9.53 Å². The third kappa shape index (κ3) is 4.94. The van der Waals surface area contributed by atoms with Crippen LogP contribution in [-0.4, -0.2) is 42.8 Å². The van der Waals surface area contributed by atoms with Gasteiger partial charge < -0.3 is 20.1 Å². The molecule has 1 aliphatic rings. The Morgan fingerprint density at radius 3 is 2.26 bits per heavy atom. The van der Waals surface area contributed by atoms with Gasteiger partial charge in [0.15, 0.2) is 0 Å². The topological polar surface area (TPSA) is 95.9 Å². The summed E-state index contributed by atoms with van der Waals surface area (Å²) >= 11 is 0. The van der Waals surface area contributed by atoms with Crippen molar-refractivity contribution in [3.05, 3.63) is 102 Å². The molecule has 0 aromatic heterocycles. The van der Waals surface area contributed by atoms with Crippen molar-refractivity contribution in [1.82, 2.24) is 5.32 Å². The fourth-order valence-corrected chi connectivity index (χ4v) is 4.38. The summed E-state index contributed by atoms with van der Waals surface area (Å²) in [5.74, 6) is -1.60. The molecule has 7 nitrogen and oxygen atoms in total. The molecule has 4 rings (SSSR count). The Hall–Kier alpha value is -4.39. The number of nitrogens with one attached hydrogen (secondary N) is 1. The predicted octanol–water partition coefficient (Wildman–Crippen LogP) is 4.83. The number of alkyl carbamates (subject to hydrolysis) is 1. The van der Waals surface area contributed by atoms with Crippen molar-refractivity contribution in [3.63, 3.8) is 0 Å². The van der Waals surface area contributed by atoms with Crippen LogP contribution in [0.1, 0.15) is 33.8 Å². The SMILES string of the molecule is C=CCC(NC(=O)OCC1c2ccccc2-c2ccccc21)C(=O)N(C)c1cccc(C(=O)O)c1. The second-order valence-corrected chi connectivity index (χ2v) is 8.30. The molecule has 1 aliphatic carbocycles.